The fourth-order valence-corrected chi connectivity index (χ4v) is 5.45. The number of hydrogen-bond donors (Lipinski definition) is 1. The SMILES string of the molecule is Cc1cccc(-n2cncc2CCC(=O)N2CCc3ccccc3C2c2cc(Cl)ccc2OCC(=O)O)c1C. The molecule has 0 fully saturated rings. The highest BCUT2D eigenvalue weighted by molar-refractivity contribution is 6.30. The molecule has 4 aromatic rings. The van der Waals surface area contributed by atoms with Gasteiger partial charge in [-0.1, -0.05) is 48.0 Å². The molecule has 39 heavy (non-hydrogen) atoms. The molecule has 0 bridgehead atoms. The number of fused-ring (bicyclic) bond motifs is 1. The Morgan fingerprint density at radius 1 is 1.08 bits per heavy atom. The van der Waals surface area contributed by atoms with E-state index in [4.69, 9.17) is 16.3 Å². The van der Waals surface area contributed by atoms with Crippen LogP contribution in [0.1, 0.15) is 46.0 Å². The van der Waals surface area contributed by atoms with Crippen molar-refractivity contribution >= 4 is 23.5 Å². The second-order valence-electron chi connectivity index (χ2n) is 9.78. The molecule has 200 valence electrons. The van der Waals surface area contributed by atoms with Crippen LogP contribution < -0.4 is 4.74 Å². The summed E-state index contributed by atoms with van der Waals surface area (Å²) in [5, 5.41) is 9.69. The van der Waals surface area contributed by atoms with E-state index in [2.05, 4.69) is 37.0 Å². The van der Waals surface area contributed by atoms with E-state index >= 15 is 0 Å². The summed E-state index contributed by atoms with van der Waals surface area (Å²) in [6.45, 7) is 4.21. The summed E-state index contributed by atoms with van der Waals surface area (Å²) in [6, 6.07) is 18.8. The summed E-state index contributed by atoms with van der Waals surface area (Å²) < 4.78 is 7.70. The number of aliphatic carboxylic acids is 1. The van der Waals surface area contributed by atoms with Crippen molar-refractivity contribution in [1.82, 2.24) is 14.5 Å². The maximum absolute atomic E-state index is 13.8. The second kappa shape index (κ2) is 11.3. The number of ether oxygens (including phenoxy) is 1. The third-order valence-corrected chi connectivity index (χ3v) is 7.60. The first-order valence-electron chi connectivity index (χ1n) is 12.9. The van der Waals surface area contributed by atoms with E-state index in [1.807, 2.05) is 39.9 Å². The topological polar surface area (TPSA) is 84.7 Å². The maximum atomic E-state index is 13.8. The molecule has 1 amide bonds. The van der Waals surface area contributed by atoms with Gasteiger partial charge in [0, 0.05) is 41.1 Å². The van der Waals surface area contributed by atoms with Crippen molar-refractivity contribution in [3.05, 3.63) is 112 Å². The molecule has 3 aromatic carbocycles. The Hall–Kier alpha value is -4.10. The molecule has 1 N–H and O–H groups in total. The van der Waals surface area contributed by atoms with E-state index in [1.165, 1.54) is 11.1 Å². The van der Waals surface area contributed by atoms with Crippen LogP contribution in [0.15, 0.2) is 73.2 Å². The number of nitrogens with zero attached hydrogens (tertiary/aromatic N) is 3. The van der Waals surface area contributed by atoms with Crippen LogP contribution in [-0.2, 0) is 22.4 Å². The molecule has 0 radical (unpaired) electrons. The van der Waals surface area contributed by atoms with Crippen LogP contribution >= 0.6 is 11.6 Å². The fraction of sp³-hybridized carbons (Fsp3) is 0.258. The van der Waals surface area contributed by atoms with Gasteiger partial charge in [-0.05, 0) is 73.2 Å². The molecular formula is C31H30ClN3O4. The predicted octanol–water partition coefficient (Wildman–Crippen LogP) is 5.71. The quantitative estimate of drug-likeness (QED) is 0.307. The number of carboxylic acid groups (broad SMARTS) is 1. The molecule has 1 aliphatic heterocycles. The van der Waals surface area contributed by atoms with Crippen LogP contribution in [0.3, 0.4) is 0 Å². The number of aromatic nitrogens is 2. The molecule has 7 nitrogen and oxygen atoms in total. The Morgan fingerprint density at radius 2 is 1.90 bits per heavy atom. The highest BCUT2D eigenvalue weighted by Crippen LogP contribution is 2.41. The number of carbonyl (C=O) groups excluding carboxylic acids is 1. The summed E-state index contributed by atoms with van der Waals surface area (Å²) in [6.07, 6.45) is 5.15. The number of carbonyl (C=O) groups is 2. The van der Waals surface area contributed by atoms with Crippen LogP contribution in [0.5, 0.6) is 5.75 Å². The van der Waals surface area contributed by atoms with Crippen LogP contribution in [0.4, 0.5) is 0 Å². The van der Waals surface area contributed by atoms with Gasteiger partial charge >= 0.3 is 5.97 Å². The molecule has 0 aliphatic carbocycles. The number of imidazole rings is 1. The molecular weight excluding hydrogens is 514 g/mol. The monoisotopic (exact) mass is 543 g/mol. The third kappa shape index (κ3) is 5.54. The molecule has 0 saturated carbocycles. The van der Waals surface area contributed by atoms with Crippen molar-refractivity contribution < 1.29 is 19.4 Å². The average molecular weight is 544 g/mol. The van der Waals surface area contributed by atoms with Crippen molar-refractivity contribution in [3.8, 4) is 11.4 Å². The summed E-state index contributed by atoms with van der Waals surface area (Å²) in [4.78, 5) is 31.3. The predicted molar refractivity (Wildman–Crippen MR) is 150 cm³/mol. The standard InChI is InChI=1S/C31H30ClN3O4/c1-20-6-5-9-27(21(20)2)35-19-33-17-24(35)11-13-29(36)34-15-14-22-7-3-4-8-25(22)31(34)26-16-23(32)10-12-28(26)39-18-30(37)38/h3-10,12,16-17,19,31H,11,13-15,18H2,1-2H3,(H,37,38). The van der Waals surface area contributed by atoms with Crippen LogP contribution in [0, 0.1) is 13.8 Å². The second-order valence-corrected chi connectivity index (χ2v) is 10.2. The van der Waals surface area contributed by atoms with E-state index in [0.717, 1.165) is 28.9 Å². The Balaban J connectivity index is 1.45. The van der Waals surface area contributed by atoms with Crippen LogP contribution in [0.25, 0.3) is 5.69 Å². The van der Waals surface area contributed by atoms with Gasteiger partial charge in [0.15, 0.2) is 6.61 Å². The number of halogens is 1. The zero-order valence-corrected chi connectivity index (χ0v) is 22.7. The lowest BCUT2D eigenvalue weighted by Crippen LogP contribution is -2.41. The van der Waals surface area contributed by atoms with Gasteiger partial charge in [-0.15, -0.1) is 0 Å². The normalized spacial score (nSPS) is 14.6. The first-order valence-corrected chi connectivity index (χ1v) is 13.3. The van der Waals surface area contributed by atoms with Crippen molar-refractivity contribution in [2.75, 3.05) is 13.2 Å². The van der Waals surface area contributed by atoms with Gasteiger partial charge in [0.1, 0.15) is 5.75 Å². The fourth-order valence-electron chi connectivity index (χ4n) is 5.27. The van der Waals surface area contributed by atoms with Crippen molar-refractivity contribution in [3.63, 3.8) is 0 Å². The summed E-state index contributed by atoms with van der Waals surface area (Å²) in [7, 11) is 0. The minimum Gasteiger partial charge on any atom is -0.482 e. The number of amides is 1. The first kappa shape index (κ1) is 26.5. The van der Waals surface area contributed by atoms with E-state index < -0.39 is 18.6 Å². The molecule has 1 aliphatic rings. The molecule has 2 heterocycles. The van der Waals surface area contributed by atoms with Gasteiger partial charge < -0.3 is 19.3 Å². The van der Waals surface area contributed by atoms with Gasteiger partial charge in [-0.2, -0.15) is 0 Å². The van der Waals surface area contributed by atoms with Crippen LogP contribution in [-0.4, -0.2) is 44.6 Å². The van der Waals surface area contributed by atoms with Crippen molar-refractivity contribution in [2.24, 2.45) is 0 Å². The van der Waals surface area contributed by atoms with Crippen molar-refractivity contribution in [1.29, 1.82) is 0 Å². The van der Waals surface area contributed by atoms with Gasteiger partial charge in [-0.25, -0.2) is 9.78 Å². The van der Waals surface area contributed by atoms with E-state index in [9.17, 15) is 14.7 Å². The largest absolute Gasteiger partial charge is 0.482 e. The molecule has 5 rings (SSSR count). The lowest BCUT2D eigenvalue weighted by molar-refractivity contribution is -0.139. The zero-order valence-electron chi connectivity index (χ0n) is 21.9. The number of hydrogen-bond acceptors (Lipinski definition) is 4. The minimum absolute atomic E-state index is 0.00706. The number of benzene rings is 3. The Labute approximate surface area is 232 Å². The first-order chi connectivity index (χ1) is 18.8. The third-order valence-electron chi connectivity index (χ3n) is 7.37. The molecule has 0 spiro atoms. The Bertz CT molecular complexity index is 1530. The lowest BCUT2D eigenvalue weighted by Gasteiger charge is -2.38. The lowest BCUT2D eigenvalue weighted by atomic mass is 9.87. The maximum Gasteiger partial charge on any atom is 0.341 e. The van der Waals surface area contributed by atoms with Gasteiger partial charge in [0.2, 0.25) is 5.91 Å². The van der Waals surface area contributed by atoms with Gasteiger partial charge in [-0.3, -0.25) is 4.79 Å². The molecule has 1 unspecified atom stereocenters. The molecule has 1 atom stereocenters. The van der Waals surface area contributed by atoms with E-state index in [0.29, 0.717) is 35.7 Å². The van der Waals surface area contributed by atoms with Crippen LogP contribution in [0.2, 0.25) is 5.02 Å². The van der Waals surface area contributed by atoms with Gasteiger partial charge in [0.05, 0.1) is 12.4 Å². The number of rotatable bonds is 8. The zero-order chi connectivity index (χ0) is 27.5. The smallest absolute Gasteiger partial charge is 0.341 e. The molecule has 8 heteroatoms. The number of carboxylic acids is 1. The molecule has 0 saturated heterocycles. The highest BCUT2D eigenvalue weighted by Gasteiger charge is 2.34. The highest BCUT2D eigenvalue weighted by atomic mass is 35.5. The minimum atomic E-state index is -1.08. The summed E-state index contributed by atoms with van der Waals surface area (Å²) in [5.74, 6) is -0.685. The Kier molecular flexibility index (Phi) is 7.70. The van der Waals surface area contributed by atoms with E-state index in [1.54, 1.807) is 24.5 Å². The number of aryl methyl sites for hydroxylation is 2. The molecule has 1 aromatic heterocycles. The van der Waals surface area contributed by atoms with E-state index in [-0.39, 0.29) is 5.91 Å². The van der Waals surface area contributed by atoms with Crippen molar-refractivity contribution in [2.45, 2.75) is 39.2 Å². The Morgan fingerprint density at radius 3 is 2.72 bits per heavy atom. The summed E-state index contributed by atoms with van der Waals surface area (Å²) >= 11 is 6.40. The average Bonchev–Trinajstić information content (AvgIpc) is 3.40. The van der Waals surface area contributed by atoms with Gasteiger partial charge in [0.25, 0.3) is 0 Å². The summed E-state index contributed by atoms with van der Waals surface area (Å²) in [5.41, 5.74) is 7.18.